The van der Waals surface area contributed by atoms with Crippen LogP contribution in [0.1, 0.15) is 32.2 Å². The number of carbonyl (C=O) groups is 1. The molecule has 32 heavy (non-hydrogen) atoms. The maximum Gasteiger partial charge on any atom is 0.332 e. The van der Waals surface area contributed by atoms with Crippen LogP contribution in [0.4, 0.5) is 0 Å². The average molecular weight is 449 g/mol. The van der Waals surface area contributed by atoms with Crippen LogP contribution in [-0.4, -0.2) is 91.0 Å². The van der Waals surface area contributed by atoms with E-state index in [-0.39, 0.29) is 23.7 Å². The van der Waals surface area contributed by atoms with Gasteiger partial charge in [0.1, 0.15) is 0 Å². The fourth-order valence-corrected chi connectivity index (χ4v) is 5.09. The van der Waals surface area contributed by atoms with Crippen molar-refractivity contribution in [3.63, 3.8) is 0 Å². The number of aromatic nitrogens is 4. The number of imidazole rings is 1. The van der Waals surface area contributed by atoms with Crippen molar-refractivity contribution in [2.24, 2.45) is 14.1 Å². The smallest absolute Gasteiger partial charge is 0.332 e. The van der Waals surface area contributed by atoms with Crippen LogP contribution in [0.25, 0.3) is 11.2 Å². The van der Waals surface area contributed by atoms with Gasteiger partial charge >= 0.3 is 5.69 Å². The highest BCUT2D eigenvalue weighted by atomic mass is 16.5. The van der Waals surface area contributed by atoms with Crippen molar-refractivity contribution in [3.8, 4) is 0 Å². The zero-order valence-electron chi connectivity index (χ0n) is 19.4. The lowest BCUT2D eigenvalue weighted by molar-refractivity contribution is -0.196. The van der Waals surface area contributed by atoms with E-state index in [2.05, 4.69) is 4.98 Å². The molecule has 176 valence electrons. The lowest BCUT2D eigenvalue weighted by atomic mass is 9.75. The quantitative estimate of drug-likeness (QED) is 0.645. The molecule has 0 unspecified atom stereocenters. The van der Waals surface area contributed by atoms with E-state index in [0.717, 1.165) is 4.57 Å². The minimum atomic E-state index is -1.17. The first-order valence-corrected chi connectivity index (χ1v) is 10.9. The Balaban J connectivity index is 1.57. The summed E-state index contributed by atoms with van der Waals surface area (Å²) in [4.78, 5) is 45.4. The number of carbonyl (C=O) groups excluding carboxylic acids is 1. The minimum absolute atomic E-state index is 0.0941. The van der Waals surface area contributed by atoms with Gasteiger partial charge in [0.25, 0.3) is 5.56 Å². The van der Waals surface area contributed by atoms with E-state index >= 15 is 0 Å². The van der Waals surface area contributed by atoms with Crippen LogP contribution in [0, 0.1) is 0 Å². The molecule has 2 atom stereocenters. The molecule has 1 spiro atoms. The molecule has 2 fully saturated rings. The molecule has 2 saturated heterocycles. The zero-order chi connectivity index (χ0) is 23.4. The number of ether oxygens (including phenoxy) is 1. The van der Waals surface area contributed by atoms with E-state index in [1.54, 1.807) is 18.5 Å². The van der Waals surface area contributed by atoms with Crippen LogP contribution < -0.4 is 11.2 Å². The first-order valence-electron chi connectivity index (χ1n) is 10.9. The predicted molar refractivity (Wildman–Crippen MR) is 118 cm³/mol. The van der Waals surface area contributed by atoms with E-state index in [1.165, 1.54) is 17.9 Å². The number of aryl methyl sites for hydroxylation is 1. The molecule has 1 amide bonds. The molecule has 0 saturated carbocycles. The number of rotatable bonds is 3. The van der Waals surface area contributed by atoms with Crippen molar-refractivity contribution in [2.75, 3.05) is 40.3 Å². The number of hydrogen-bond acceptors (Lipinski definition) is 7. The maximum absolute atomic E-state index is 12.8. The van der Waals surface area contributed by atoms with Gasteiger partial charge in [0.2, 0.25) is 5.91 Å². The van der Waals surface area contributed by atoms with Crippen LogP contribution in [0.2, 0.25) is 0 Å². The van der Waals surface area contributed by atoms with Crippen LogP contribution in [0.15, 0.2) is 15.9 Å². The van der Waals surface area contributed by atoms with Crippen molar-refractivity contribution in [3.05, 3.63) is 27.2 Å². The normalized spacial score (nSPS) is 25.7. The summed E-state index contributed by atoms with van der Waals surface area (Å²) in [5, 5.41) is 11.5. The van der Waals surface area contributed by atoms with E-state index < -0.39 is 28.5 Å². The molecule has 4 heterocycles. The van der Waals surface area contributed by atoms with Gasteiger partial charge in [-0.2, -0.15) is 0 Å². The molecule has 11 nitrogen and oxygen atoms in total. The molecule has 11 heteroatoms. The number of aliphatic hydroxyl groups is 1. The Morgan fingerprint density at radius 1 is 1.25 bits per heavy atom. The molecular formula is C21H32N6O5. The Bertz CT molecular complexity index is 1150. The summed E-state index contributed by atoms with van der Waals surface area (Å²) in [5.41, 5.74) is -2.03. The average Bonchev–Trinajstić information content (AvgIpc) is 3.14. The second-order valence-electron chi connectivity index (χ2n) is 9.69. The number of likely N-dealkylation sites (N-methyl/N-ethyl adjacent to an activating group) is 1. The molecule has 0 aromatic carbocycles. The van der Waals surface area contributed by atoms with Crippen molar-refractivity contribution >= 4 is 17.1 Å². The Hall–Kier alpha value is -2.50. The number of likely N-dealkylation sites (tertiary alicyclic amines) is 1. The molecule has 0 radical (unpaired) electrons. The lowest BCUT2D eigenvalue weighted by Gasteiger charge is -2.51. The van der Waals surface area contributed by atoms with Crippen LogP contribution >= 0.6 is 0 Å². The van der Waals surface area contributed by atoms with Crippen molar-refractivity contribution in [1.82, 2.24) is 28.5 Å². The molecule has 0 bridgehead atoms. The molecule has 4 rings (SSSR count). The summed E-state index contributed by atoms with van der Waals surface area (Å²) in [6.45, 7) is 3.51. The van der Waals surface area contributed by atoms with Gasteiger partial charge in [-0.25, -0.2) is 9.78 Å². The van der Waals surface area contributed by atoms with Crippen molar-refractivity contribution < 1.29 is 14.6 Å². The van der Waals surface area contributed by atoms with Gasteiger partial charge in [0.05, 0.1) is 36.7 Å². The minimum Gasteiger partial charge on any atom is -0.388 e. The Morgan fingerprint density at radius 3 is 2.50 bits per heavy atom. The standard InChI is InChI=1S/C21H32N6O5/c1-20(31)12-21(6-8-26(9-7-21)15(28)10-23(2)3)32-11-14(20)27-13-22-17-16(27)18(29)25(5)19(30)24(17)4/h13-14,31H,6-12H2,1-5H3/t14-,20-/m1/s1. The molecule has 2 aromatic rings. The third kappa shape index (κ3) is 3.67. The Kier molecular flexibility index (Phi) is 5.54. The van der Waals surface area contributed by atoms with Gasteiger partial charge in [0.15, 0.2) is 11.2 Å². The summed E-state index contributed by atoms with van der Waals surface area (Å²) in [6.07, 6.45) is 3.17. The summed E-state index contributed by atoms with van der Waals surface area (Å²) in [6, 6.07) is -0.531. The van der Waals surface area contributed by atoms with Gasteiger partial charge in [-0.3, -0.25) is 18.7 Å². The molecular weight excluding hydrogens is 416 g/mol. The predicted octanol–water partition coefficient (Wildman–Crippen LogP) is -0.931. The highest BCUT2D eigenvalue weighted by molar-refractivity contribution is 5.78. The van der Waals surface area contributed by atoms with Crippen LogP contribution in [0.3, 0.4) is 0 Å². The Labute approximate surface area is 185 Å². The topological polar surface area (TPSA) is 115 Å². The van der Waals surface area contributed by atoms with E-state index in [1.807, 2.05) is 23.9 Å². The fourth-order valence-electron chi connectivity index (χ4n) is 5.09. The second kappa shape index (κ2) is 7.82. The van der Waals surface area contributed by atoms with Gasteiger partial charge in [-0.15, -0.1) is 0 Å². The summed E-state index contributed by atoms with van der Waals surface area (Å²) in [5.74, 6) is 0.0941. The summed E-state index contributed by atoms with van der Waals surface area (Å²) in [7, 11) is 6.74. The monoisotopic (exact) mass is 448 g/mol. The number of amides is 1. The van der Waals surface area contributed by atoms with Crippen LogP contribution in [0.5, 0.6) is 0 Å². The van der Waals surface area contributed by atoms with Crippen molar-refractivity contribution in [2.45, 2.75) is 43.4 Å². The molecule has 2 aliphatic rings. The van der Waals surface area contributed by atoms with Gasteiger partial charge in [-0.05, 0) is 33.9 Å². The van der Waals surface area contributed by atoms with Crippen molar-refractivity contribution in [1.29, 1.82) is 0 Å². The van der Waals surface area contributed by atoms with Gasteiger partial charge < -0.3 is 24.2 Å². The first kappa shape index (κ1) is 22.7. The third-order valence-corrected chi connectivity index (χ3v) is 6.93. The highest BCUT2D eigenvalue weighted by Crippen LogP contribution is 2.44. The molecule has 1 N–H and O–H groups in total. The van der Waals surface area contributed by atoms with E-state index in [0.29, 0.717) is 38.9 Å². The number of fused-ring (bicyclic) bond motifs is 1. The third-order valence-electron chi connectivity index (χ3n) is 6.93. The highest BCUT2D eigenvalue weighted by Gasteiger charge is 2.50. The number of nitrogens with zero attached hydrogens (tertiary/aromatic N) is 6. The largest absolute Gasteiger partial charge is 0.388 e. The maximum atomic E-state index is 12.8. The molecule has 0 aliphatic carbocycles. The van der Waals surface area contributed by atoms with Crippen LogP contribution in [-0.2, 0) is 23.6 Å². The zero-order valence-corrected chi connectivity index (χ0v) is 19.4. The number of piperidine rings is 1. The Morgan fingerprint density at radius 2 is 1.91 bits per heavy atom. The fraction of sp³-hybridized carbons (Fsp3) is 0.714. The van der Waals surface area contributed by atoms with Gasteiger partial charge in [0, 0.05) is 33.6 Å². The number of hydrogen-bond donors (Lipinski definition) is 1. The first-order chi connectivity index (χ1) is 15.0. The SMILES string of the molecule is CN(C)CC(=O)N1CCC2(CC1)C[C@@](C)(O)[C@H](n1cnc3c1c(=O)n(C)c(=O)n3C)CO2. The molecule has 2 aliphatic heterocycles. The molecule has 2 aromatic heterocycles. The summed E-state index contributed by atoms with van der Waals surface area (Å²) < 4.78 is 10.3. The lowest BCUT2D eigenvalue weighted by Crippen LogP contribution is -2.58. The summed E-state index contributed by atoms with van der Waals surface area (Å²) >= 11 is 0. The van der Waals surface area contributed by atoms with E-state index in [9.17, 15) is 19.5 Å². The second-order valence-corrected chi connectivity index (χ2v) is 9.69. The van der Waals surface area contributed by atoms with Gasteiger partial charge in [-0.1, -0.05) is 0 Å². The van der Waals surface area contributed by atoms with E-state index in [4.69, 9.17) is 4.74 Å².